The first kappa shape index (κ1) is 11.7. The lowest BCUT2D eigenvalue weighted by Crippen LogP contribution is -2.47. The summed E-state index contributed by atoms with van der Waals surface area (Å²) < 4.78 is 0. The quantitative estimate of drug-likeness (QED) is 0.711. The Morgan fingerprint density at radius 2 is 2.14 bits per heavy atom. The van der Waals surface area contributed by atoms with Gasteiger partial charge in [-0.05, 0) is 31.6 Å². The fraction of sp³-hybridized carbons (Fsp3) is 0.917. The molecule has 0 spiro atoms. The molecule has 14 heavy (non-hydrogen) atoms. The van der Waals surface area contributed by atoms with E-state index in [4.69, 9.17) is 5.73 Å². The summed E-state index contributed by atoms with van der Waals surface area (Å²) in [5, 5.41) is 0. The monoisotopic (exact) mass is 197 g/mol. The fourth-order valence-electron chi connectivity index (χ4n) is 2.04. The van der Waals surface area contributed by atoms with Crippen LogP contribution in [0.3, 0.4) is 0 Å². The lowest BCUT2D eigenvalue weighted by atomic mass is 9.85. The first-order chi connectivity index (χ1) is 6.48. The SMILES string of the molecule is CCCC(C)CC(=O)C(C)(N)C1CC1. The van der Waals surface area contributed by atoms with Crippen molar-refractivity contribution in [1.82, 2.24) is 0 Å². The van der Waals surface area contributed by atoms with Crippen LogP contribution in [0.25, 0.3) is 0 Å². The Labute approximate surface area is 87.2 Å². The van der Waals surface area contributed by atoms with E-state index in [1.54, 1.807) is 0 Å². The van der Waals surface area contributed by atoms with E-state index in [9.17, 15) is 4.79 Å². The van der Waals surface area contributed by atoms with Gasteiger partial charge in [0.1, 0.15) is 0 Å². The predicted molar refractivity (Wildman–Crippen MR) is 59.0 cm³/mol. The van der Waals surface area contributed by atoms with E-state index >= 15 is 0 Å². The normalized spacial score (nSPS) is 22.9. The second-order valence-electron chi connectivity index (χ2n) is 5.08. The highest BCUT2D eigenvalue weighted by Crippen LogP contribution is 2.39. The van der Waals surface area contributed by atoms with Gasteiger partial charge in [0.15, 0.2) is 5.78 Å². The number of ketones is 1. The third-order valence-electron chi connectivity index (χ3n) is 3.34. The summed E-state index contributed by atoms with van der Waals surface area (Å²) in [4.78, 5) is 11.9. The second-order valence-corrected chi connectivity index (χ2v) is 5.08. The van der Waals surface area contributed by atoms with Gasteiger partial charge in [0.05, 0.1) is 5.54 Å². The van der Waals surface area contributed by atoms with Crippen LogP contribution in [0.5, 0.6) is 0 Å². The van der Waals surface area contributed by atoms with Crippen LogP contribution in [-0.2, 0) is 4.79 Å². The number of nitrogens with two attached hydrogens (primary N) is 1. The Kier molecular flexibility index (Phi) is 3.71. The molecule has 2 N–H and O–H groups in total. The molecule has 0 aromatic carbocycles. The molecule has 1 aliphatic carbocycles. The third-order valence-corrected chi connectivity index (χ3v) is 3.34. The van der Waals surface area contributed by atoms with Gasteiger partial charge in [-0.25, -0.2) is 0 Å². The van der Waals surface area contributed by atoms with Crippen molar-refractivity contribution < 1.29 is 4.79 Å². The van der Waals surface area contributed by atoms with Gasteiger partial charge in [0, 0.05) is 6.42 Å². The first-order valence-electron chi connectivity index (χ1n) is 5.80. The van der Waals surface area contributed by atoms with E-state index in [2.05, 4.69) is 13.8 Å². The van der Waals surface area contributed by atoms with E-state index < -0.39 is 5.54 Å². The summed E-state index contributed by atoms with van der Waals surface area (Å²) in [6.07, 6.45) is 5.23. The van der Waals surface area contributed by atoms with Gasteiger partial charge in [-0.15, -0.1) is 0 Å². The van der Waals surface area contributed by atoms with Crippen molar-refractivity contribution in [2.75, 3.05) is 0 Å². The number of rotatable bonds is 6. The zero-order chi connectivity index (χ0) is 10.8. The zero-order valence-corrected chi connectivity index (χ0v) is 9.68. The predicted octanol–water partition coefficient (Wildman–Crippen LogP) is 2.51. The molecule has 0 aliphatic heterocycles. The van der Waals surface area contributed by atoms with Crippen LogP contribution in [0.1, 0.15) is 52.9 Å². The van der Waals surface area contributed by atoms with Crippen molar-refractivity contribution in [2.24, 2.45) is 17.6 Å². The highest BCUT2D eigenvalue weighted by molar-refractivity contribution is 5.88. The van der Waals surface area contributed by atoms with Crippen LogP contribution < -0.4 is 5.73 Å². The number of Topliss-reactive ketones (excluding diaryl/α,β-unsaturated/α-hetero) is 1. The molecule has 0 bridgehead atoms. The molecule has 2 atom stereocenters. The largest absolute Gasteiger partial charge is 0.319 e. The molecule has 0 radical (unpaired) electrons. The molecule has 0 aromatic heterocycles. The average molecular weight is 197 g/mol. The Hall–Kier alpha value is -0.370. The average Bonchev–Trinajstić information content (AvgIpc) is 2.86. The van der Waals surface area contributed by atoms with E-state index in [1.165, 1.54) is 0 Å². The van der Waals surface area contributed by atoms with Crippen molar-refractivity contribution in [3.8, 4) is 0 Å². The van der Waals surface area contributed by atoms with Crippen molar-refractivity contribution in [1.29, 1.82) is 0 Å². The smallest absolute Gasteiger partial charge is 0.152 e. The maximum atomic E-state index is 11.9. The molecule has 2 nitrogen and oxygen atoms in total. The van der Waals surface area contributed by atoms with E-state index in [0.29, 0.717) is 18.3 Å². The van der Waals surface area contributed by atoms with E-state index in [0.717, 1.165) is 25.7 Å². The molecule has 1 aliphatic rings. The van der Waals surface area contributed by atoms with Crippen molar-refractivity contribution >= 4 is 5.78 Å². The van der Waals surface area contributed by atoms with Gasteiger partial charge in [-0.2, -0.15) is 0 Å². The molecule has 2 heteroatoms. The van der Waals surface area contributed by atoms with Gasteiger partial charge >= 0.3 is 0 Å². The summed E-state index contributed by atoms with van der Waals surface area (Å²) in [6.45, 7) is 6.21. The third kappa shape index (κ3) is 2.81. The van der Waals surface area contributed by atoms with Crippen LogP contribution in [0.4, 0.5) is 0 Å². The molecule has 0 heterocycles. The molecular formula is C12H23NO. The maximum absolute atomic E-state index is 11.9. The fourth-order valence-corrected chi connectivity index (χ4v) is 2.04. The molecule has 1 rings (SSSR count). The summed E-state index contributed by atoms with van der Waals surface area (Å²) >= 11 is 0. The van der Waals surface area contributed by atoms with Crippen LogP contribution in [-0.4, -0.2) is 11.3 Å². The standard InChI is InChI=1S/C12H23NO/c1-4-5-9(2)8-11(14)12(3,13)10-6-7-10/h9-10H,4-8,13H2,1-3H3. The van der Waals surface area contributed by atoms with Crippen LogP contribution in [0.15, 0.2) is 0 Å². The molecule has 1 saturated carbocycles. The van der Waals surface area contributed by atoms with Crippen LogP contribution >= 0.6 is 0 Å². The van der Waals surface area contributed by atoms with Crippen molar-refractivity contribution in [3.63, 3.8) is 0 Å². The van der Waals surface area contributed by atoms with Gasteiger partial charge in [0.25, 0.3) is 0 Å². The molecule has 82 valence electrons. The van der Waals surface area contributed by atoms with Crippen molar-refractivity contribution in [3.05, 3.63) is 0 Å². The zero-order valence-electron chi connectivity index (χ0n) is 9.68. The van der Waals surface area contributed by atoms with Crippen molar-refractivity contribution in [2.45, 2.75) is 58.4 Å². The number of carbonyl (C=O) groups is 1. The molecule has 0 saturated heterocycles. The highest BCUT2D eigenvalue weighted by Gasteiger charge is 2.43. The Morgan fingerprint density at radius 1 is 1.57 bits per heavy atom. The Bertz CT molecular complexity index is 206. The van der Waals surface area contributed by atoms with Crippen LogP contribution in [0, 0.1) is 11.8 Å². The molecule has 2 unspecified atom stereocenters. The Balaban J connectivity index is 2.40. The van der Waals surface area contributed by atoms with Crippen LogP contribution in [0.2, 0.25) is 0 Å². The lowest BCUT2D eigenvalue weighted by molar-refractivity contribution is -0.125. The van der Waals surface area contributed by atoms with Gasteiger partial charge < -0.3 is 5.73 Å². The first-order valence-corrected chi connectivity index (χ1v) is 5.80. The van der Waals surface area contributed by atoms with Gasteiger partial charge in [0.2, 0.25) is 0 Å². The minimum Gasteiger partial charge on any atom is -0.319 e. The van der Waals surface area contributed by atoms with E-state index in [1.807, 2.05) is 6.92 Å². The van der Waals surface area contributed by atoms with Gasteiger partial charge in [-0.1, -0.05) is 26.7 Å². The second kappa shape index (κ2) is 4.43. The number of hydrogen-bond donors (Lipinski definition) is 1. The van der Waals surface area contributed by atoms with Gasteiger partial charge in [-0.3, -0.25) is 4.79 Å². The summed E-state index contributed by atoms with van der Waals surface area (Å²) in [7, 11) is 0. The highest BCUT2D eigenvalue weighted by atomic mass is 16.1. The topological polar surface area (TPSA) is 43.1 Å². The summed E-state index contributed by atoms with van der Waals surface area (Å²) in [6, 6.07) is 0. The summed E-state index contributed by atoms with van der Waals surface area (Å²) in [5.74, 6) is 1.22. The molecule has 1 fully saturated rings. The molecular weight excluding hydrogens is 174 g/mol. The number of hydrogen-bond acceptors (Lipinski definition) is 2. The Morgan fingerprint density at radius 3 is 2.57 bits per heavy atom. The lowest BCUT2D eigenvalue weighted by Gasteiger charge is -2.24. The van der Waals surface area contributed by atoms with E-state index in [-0.39, 0.29) is 5.78 Å². The molecule has 0 aromatic rings. The molecule has 0 amide bonds. The minimum absolute atomic E-state index is 0.265. The summed E-state index contributed by atoms with van der Waals surface area (Å²) in [5.41, 5.74) is 5.52. The number of carbonyl (C=O) groups excluding carboxylic acids is 1. The minimum atomic E-state index is -0.540. The maximum Gasteiger partial charge on any atom is 0.152 e.